The van der Waals surface area contributed by atoms with Crippen LogP contribution in [0.5, 0.6) is 0 Å². The number of pyridine rings is 1. The number of nitrogens with one attached hydrogen (secondary N) is 1. The van der Waals surface area contributed by atoms with Crippen LogP contribution in [-0.2, 0) is 11.3 Å². The number of anilines is 1. The van der Waals surface area contributed by atoms with Crippen LogP contribution >= 0.6 is 23.1 Å². The van der Waals surface area contributed by atoms with Gasteiger partial charge in [0.15, 0.2) is 5.13 Å². The number of thiazole rings is 1. The second-order valence-electron chi connectivity index (χ2n) is 5.43. The molecule has 0 aliphatic rings. The van der Waals surface area contributed by atoms with Crippen LogP contribution in [0.25, 0.3) is 11.3 Å². The first kappa shape index (κ1) is 18.8. The maximum absolute atomic E-state index is 12.2. The minimum absolute atomic E-state index is 0.257. The molecule has 10 heteroatoms. The molecule has 138 valence electrons. The minimum Gasteiger partial charge on any atom is -0.300 e. The molecule has 0 unspecified atom stereocenters. The molecule has 0 fully saturated rings. The highest BCUT2D eigenvalue weighted by molar-refractivity contribution is 7.98. The number of carbonyl (C=O) groups is 1. The summed E-state index contributed by atoms with van der Waals surface area (Å²) < 4.78 is 0.989. The Hall–Kier alpha value is -2.98. The average molecular weight is 402 g/mol. The Morgan fingerprint density at radius 1 is 1.30 bits per heavy atom. The molecule has 3 aromatic rings. The summed E-state index contributed by atoms with van der Waals surface area (Å²) in [5, 5.41) is 15.6. The zero-order valence-corrected chi connectivity index (χ0v) is 15.8. The Morgan fingerprint density at radius 3 is 2.70 bits per heavy atom. The molecule has 8 nitrogen and oxygen atoms in total. The van der Waals surface area contributed by atoms with Gasteiger partial charge in [-0.05, 0) is 18.4 Å². The summed E-state index contributed by atoms with van der Waals surface area (Å²) >= 11 is 2.91. The van der Waals surface area contributed by atoms with Gasteiger partial charge in [-0.2, -0.15) is 0 Å². The van der Waals surface area contributed by atoms with Crippen molar-refractivity contribution in [1.82, 2.24) is 9.55 Å². The number of hydrogen-bond acceptors (Lipinski definition) is 7. The molecule has 0 spiro atoms. The highest BCUT2D eigenvalue weighted by atomic mass is 32.2. The normalized spacial score (nSPS) is 10.6. The number of nitro groups is 1. The second kappa shape index (κ2) is 8.14. The molecule has 2 heterocycles. The lowest BCUT2D eigenvalue weighted by atomic mass is 10.2. The molecule has 2 aromatic heterocycles. The molecule has 0 saturated carbocycles. The number of rotatable bonds is 6. The van der Waals surface area contributed by atoms with Crippen LogP contribution in [0.4, 0.5) is 10.8 Å². The topological polar surface area (TPSA) is 107 Å². The van der Waals surface area contributed by atoms with E-state index in [1.165, 1.54) is 11.3 Å². The SMILES string of the molecule is CSc1ccc(-c2csc(NC(=O)Cn3cc([N+](=O)[O-])ccc3=O)n2)cc1. The van der Waals surface area contributed by atoms with Crippen LogP contribution in [-0.4, -0.2) is 26.6 Å². The van der Waals surface area contributed by atoms with E-state index in [0.29, 0.717) is 5.13 Å². The number of amides is 1. The van der Waals surface area contributed by atoms with E-state index in [1.807, 2.05) is 35.9 Å². The van der Waals surface area contributed by atoms with E-state index in [9.17, 15) is 19.7 Å². The predicted octanol–water partition coefficient (Wildman–Crippen LogP) is 3.24. The van der Waals surface area contributed by atoms with E-state index >= 15 is 0 Å². The fourth-order valence-corrected chi connectivity index (χ4v) is 3.43. The van der Waals surface area contributed by atoms with Crippen molar-refractivity contribution in [1.29, 1.82) is 0 Å². The Morgan fingerprint density at radius 2 is 2.04 bits per heavy atom. The Kier molecular flexibility index (Phi) is 5.67. The first-order chi connectivity index (χ1) is 13.0. The van der Waals surface area contributed by atoms with Crippen LogP contribution < -0.4 is 10.9 Å². The lowest BCUT2D eigenvalue weighted by Gasteiger charge is -2.05. The van der Waals surface area contributed by atoms with E-state index in [0.717, 1.165) is 39.0 Å². The van der Waals surface area contributed by atoms with E-state index in [-0.39, 0.29) is 12.2 Å². The van der Waals surface area contributed by atoms with Gasteiger partial charge in [0.2, 0.25) is 5.91 Å². The molecule has 0 radical (unpaired) electrons. The fourth-order valence-electron chi connectivity index (χ4n) is 2.29. The average Bonchev–Trinajstić information content (AvgIpc) is 3.11. The quantitative estimate of drug-likeness (QED) is 0.385. The van der Waals surface area contributed by atoms with Gasteiger partial charge < -0.3 is 5.32 Å². The van der Waals surface area contributed by atoms with Crippen LogP contribution in [0.15, 0.2) is 57.7 Å². The summed E-state index contributed by atoms with van der Waals surface area (Å²) in [6.45, 7) is -0.335. The standard InChI is InChI=1S/C17H14N4O4S2/c1-26-13-5-2-11(3-6-13)14-10-27-17(18-14)19-15(22)9-20-8-12(21(24)25)4-7-16(20)23/h2-8,10H,9H2,1H3,(H,18,19,22). The van der Waals surface area contributed by atoms with Gasteiger partial charge >= 0.3 is 0 Å². The molecule has 0 aliphatic heterocycles. The van der Waals surface area contributed by atoms with Crippen molar-refractivity contribution in [2.45, 2.75) is 11.4 Å². The van der Waals surface area contributed by atoms with E-state index in [4.69, 9.17) is 0 Å². The van der Waals surface area contributed by atoms with Crippen molar-refractivity contribution in [3.8, 4) is 11.3 Å². The molecule has 0 aliphatic carbocycles. The first-order valence-electron chi connectivity index (χ1n) is 7.71. The molecular formula is C17H14N4O4S2. The predicted molar refractivity (Wildman–Crippen MR) is 105 cm³/mol. The van der Waals surface area contributed by atoms with Crippen molar-refractivity contribution in [2.75, 3.05) is 11.6 Å². The van der Waals surface area contributed by atoms with Crippen molar-refractivity contribution < 1.29 is 9.72 Å². The van der Waals surface area contributed by atoms with Crippen molar-refractivity contribution in [3.63, 3.8) is 0 Å². The summed E-state index contributed by atoms with van der Waals surface area (Å²) in [5.74, 6) is -0.490. The molecule has 3 rings (SSSR count). The smallest absolute Gasteiger partial charge is 0.285 e. The summed E-state index contributed by atoms with van der Waals surface area (Å²) in [6.07, 6.45) is 3.04. The summed E-state index contributed by atoms with van der Waals surface area (Å²) in [7, 11) is 0. The van der Waals surface area contributed by atoms with Crippen LogP contribution in [0.2, 0.25) is 0 Å². The Labute approximate surface area is 162 Å². The maximum atomic E-state index is 12.2. The van der Waals surface area contributed by atoms with E-state index in [1.54, 1.807) is 11.8 Å². The number of hydrogen-bond donors (Lipinski definition) is 1. The van der Waals surface area contributed by atoms with Gasteiger partial charge in [0.1, 0.15) is 6.54 Å². The van der Waals surface area contributed by atoms with Crippen LogP contribution in [0.3, 0.4) is 0 Å². The maximum Gasteiger partial charge on any atom is 0.285 e. The minimum atomic E-state index is -0.622. The molecule has 27 heavy (non-hydrogen) atoms. The van der Waals surface area contributed by atoms with Crippen molar-refractivity contribution >= 4 is 39.8 Å². The zero-order valence-electron chi connectivity index (χ0n) is 14.1. The van der Waals surface area contributed by atoms with Gasteiger partial charge in [-0.3, -0.25) is 24.3 Å². The Balaban J connectivity index is 1.70. The third-order valence-corrected chi connectivity index (χ3v) is 5.13. The van der Waals surface area contributed by atoms with E-state index in [2.05, 4.69) is 10.3 Å². The highest BCUT2D eigenvalue weighted by Crippen LogP contribution is 2.26. The first-order valence-corrected chi connectivity index (χ1v) is 9.81. The highest BCUT2D eigenvalue weighted by Gasteiger charge is 2.12. The van der Waals surface area contributed by atoms with Crippen LogP contribution in [0.1, 0.15) is 0 Å². The van der Waals surface area contributed by atoms with Crippen molar-refractivity contribution in [2.24, 2.45) is 0 Å². The number of aromatic nitrogens is 2. The van der Waals surface area contributed by atoms with Crippen molar-refractivity contribution in [3.05, 3.63) is 68.4 Å². The molecule has 0 saturated heterocycles. The lowest BCUT2D eigenvalue weighted by molar-refractivity contribution is -0.385. The Bertz CT molecular complexity index is 1040. The van der Waals surface area contributed by atoms with Gasteiger partial charge in [0.05, 0.1) is 16.8 Å². The summed E-state index contributed by atoms with van der Waals surface area (Å²) in [4.78, 5) is 39.6. The molecule has 1 aromatic carbocycles. The number of carbonyl (C=O) groups excluding carboxylic acids is 1. The van der Waals surface area contributed by atoms with Gasteiger partial charge in [0, 0.05) is 28.0 Å². The second-order valence-corrected chi connectivity index (χ2v) is 7.16. The number of thioether (sulfide) groups is 1. The molecule has 0 atom stereocenters. The van der Waals surface area contributed by atoms with Crippen LogP contribution in [0, 0.1) is 10.1 Å². The van der Waals surface area contributed by atoms with Gasteiger partial charge in [-0.15, -0.1) is 23.1 Å². The third-order valence-electron chi connectivity index (χ3n) is 3.63. The molecular weight excluding hydrogens is 388 g/mol. The third kappa shape index (κ3) is 4.60. The number of nitrogens with zero attached hydrogens (tertiary/aromatic N) is 3. The monoisotopic (exact) mass is 402 g/mol. The van der Waals surface area contributed by atoms with E-state index < -0.39 is 16.4 Å². The molecule has 1 amide bonds. The summed E-state index contributed by atoms with van der Waals surface area (Å²) in [5.41, 5.74) is 0.909. The summed E-state index contributed by atoms with van der Waals surface area (Å²) in [6, 6.07) is 10.1. The van der Waals surface area contributed by atoms with Gasteiger partial charge in [-0.25, -0.2) is 4.98 Å². The number of benzene rings is 1. The fraction of sp³-hybridized carbons (Fsp3) is 0.118. The van der Waals surface area contributed by atoms with Gasteiger partial charge in [-0.1, -0.05) is 12.1 Å². The molecule has 0 bridgehead atoms. The largest absolute Gasteiger partial charge is 0.300 e. The lowest BCUT2D eigenvalue weighted by Crippen LogP contribution is -2.26. The molecule has 1 N–H and O–H groups in total. The van der Waals surface area contributed by atoms with Gasteiger partial charge in [0.25, 0.3) is 11.2 Å². The zero-order chi connectivity index (χ0) is 19.4.